The Bertz CT molecular complexity index is 518. The molecule has 0 bridgehead atoms. The number of ether oxygens (including phenoxy) is 4. The van der Waals surface area contributed by atoms with Crippen molar-refractivity contribution in [3.8, 4) is 0 Å². The number of esters is 1. The van der Waals surface area contributed by atoms with Crippen LogP contribution in [0.3, 0.4) is 0 Å². The van der Waals surface area contributed by atoms with Gasteiger partial charge in [0, 0.05) is 5.56 Å². The fourth-order valence-electron chi connectivity index (χ4n) is 2.04. The van der Waals surface area contributed by atoms with E-state index in [1.165, 1.54) is 0 Å². The minimum atomic E-state index is -0.716. The molecule has 2 saturated heterocycles. The summed E-state index contributed by atoms with van der Waals surface area (Å²) < 4.78 is 20.4. The fraction of sp³-hybridized carbons (Fsp3) is 0.429. The van der Waals surface area contributed by atoms with E-state index in [-0.39, 0.29) is 19.3 Å². The van der Waals surface area contributed by atoms with E-state index in [2.05, 4.69) is 0 Å². The summed E-state index contributed by atoms with van der Waals surface area (Å²) in [5, 5.41) is 0. The van der Waals surface area contributed by atoms with Crippen LogP contribution in [0.1, 0.15) is 15.9 Å². The predicted molar refractivity (Wildman–Crippen MR) is 66.1 cm³/mol. The highest BCUT2D eigenvalue weighted by atomic mass is 16.6. The minimum Gasteiger partial charge on any atom is -0.464 e. The molecule has 0 amide bonds. The van der Waals surface area contributed by atoms with E-state index in [1.807, 2.05) is 0 Å². The summed E-state index contributed by atoms with van der Waals surface area (Å²) in [6.45, 7) is 1.76. The van der Waals surface area contributed by atoms with E-state index in [9.17, 15) is 9.59 Å². The smallest absolute Gasteiger partial charge is 0.338 e. The first-order chi connectivity index (χ1) is 9.75. The molecular formula is C14H14O6. The van der Waals surface area contributed by atoms with Gasteiger partial charge in [0.2, 0.25) is 0 Å². The van der Waals surface area contributed by atoms with E-state index in [1.54, 1.807) is 24.3 Å². The van der Waals surface area contributed by atoms with Crippen LogP contribution in [0.4, 0.5) is 0 Å². The van der Waals surface area contributed by atoms with Gasteiger partial charge in [0.25, 0.3) is 6.47 Å². The normalized spacial score (nSPS) is 26.7. The molecule has 6 heteroatoms. The van der Waals surface area contributed by atoms with E-state index in [0.717, 1.165) is 0 Å². The first-order valence-electron chi connectivity index (χ1n) is 6.33. The molecule has 106 valence electrons. The third-order valence-electron chi connectivity index (χ3n) is 3.32. The molecule has 2 atom stereocenters. The zero-order chi connectivity index (χ0) is 14.0. The van der Waals surface area contributed by atoms with Crippen LogP contribution in [0.25, 0.3) is 0 Å². The predicted octanol–water partition coefficient (Wildman–Crippen LogP) is 0.641. The Kier molecular flexibility index (Phi) is 3.42. The third-order valence-corrected chi connectivity index (χ3v) is 3.32. The van der Waals surface area contributed by atoms with Gasteiger partial charge in [-0.1, -0.05) is 18.2 Å². The average molecular weight is 278 g/mol. The molecule has 2 unspecified atom stereocenters. The van der Waals surface area contributed by atoms with Crippen LogP contribution < -0.4 is 0 Å². The van der Waals surface area contributed by atoms with Crippen molar-refractivity contribution < 1.29 is 28.5 Å². The number of rotatable bonds is 7. The third kappa shape index (κ3) is 2.66. The molecule has 0 aromatic heterocycles. The van der Waals surface area contributed by atoms with Crippen molar-refractivity contribution in [2.45, 2.75) is 11.7 Å². The highest BCUT2D eigenvalue weighted by Gasteiger charge is 2.49. The van der Waals surface area contributed by atoms with Crippen molar-refractivity contribution >= 4 is 12.4 Å². The first kappa shape index (κ1) is 13.1. The second kappa shape index (κ2) is 5.22. The maximum absolute atomic E-state index is 12.1. The average Bonchev–Trinajstić information content (AvgIpc) is 3.38. The molecule has 0 aliphatic carbocycles. The molecule has 1 aromatic carbocycles. The molecule has 0 N–H and O–H groups in total. The van der Waals surface area contributed by atoms with Gasteiger partial charge in [-0.15, -0.1) is 0 Å². The van der Waals surface area contributed by atoms with Gasteiger partial charge in [0.05, 0.1) is 18.8 Å². The van der Waals surface area contributed by atoms with Gasteiger partial charge in [0.15, 0.2) is 5.60 Å². The summed E-state index contributed by atoms with van der Waals surface area (Å²) >= 11 is 0. The molecule has 2 fully saturated rings. The van der Waals surface area contributed by atoms with Gasteiger partial charge in [-0.05, 0) is 6.07 Å². The lowest BCUT2D eigenvalue weighted by molar-refractivity contribution is -0.130. The number of hydrogen-bond donors (Lipinski definition) is 0. The number of carbonyl (C=O) groups excluding carboxylic acids is 2. The Hall–Kier alpha value is -1.92. The molecule has 3 rings (SSSR count). The van der Waals surface area contributed by atoms with Gasteiger partial charge >= 0.3 is 5.97 Å². The van der Waals surface area contributed by atoms with Crippen LogP contribution in [-0.4, -0.2) is 45.0 Å². The van der Waals surface area contributed by atoms with Gasteiger partial charge in [0.1, 0.15) is 19.3 Å². The topological polar surface area (TPSA) is 77.7 Å². The molecular weight excluding hydrogens is 264 g/mol. The Balaban J connectivity index is 1.76. The van der Waals surface area contributed by atoms with Crippen LogP contribution in [0.15, 0.2) is 24.3 Å². The number of hydrogen-bond acceptors (Lipinski definition) is 6. The molecule has 0 saturated carbocycles. The SMILES string of the molecule is O=COCC1(c2ccccc2C(=O)OCC2CO2)CO1. The van der Waals surface area contributed by atoms with E-state index in [0.29, 0.717) is 30.8 Å². The standard InChI is InChI=1S/C14H14O6/c15-9-17-7-14(8-20-14)12-4-2-1-3-11(12)13(16)19-6-10-5-18-10/h1-4,9-10H,5-8H2. The Morgan fingerprint density at radius 2 is 2.20 bits per heavy atom. The van der Waals surface area contributed by atoms with E-state index >= 15 is 0 Å². The summed E-state index contributed by atoms with van der Waals surface area (Å²) in [5.41, 5.74) is 0.399. The van der Waals surface area contributed by atoms with Gasteiger partial charge in [-0.3, -0.25) is 4.79 Å². The monoisotopic (exact) mass is 278 g/mol. The minimum absolute atomic E-state index is 0.0237. The summed E-state index contributed by atoms with van der Waals surface area (Å²) in [7, 11) is 0. The highest BCUT2D eigenvalue weighted by Crippen LogP contribution is 2.40. The summed E-state index contributed by atoms with van der Waals surface area (Å²) in [6, 6.07) is 7.02. The first-order valence-corrected chi connectivity index (χ1v) is 6.33. The van der Waals surface area contributed by atoms with Crippen LogP contribution >= 0.6 is 0 Å². The fourth-order valence-corrected chi connectivity index (χ4v) is 2.04. The van der Waals surface area contributed by atoms with Crippen LogP contribution in [0.5, 0.6) is 0 Å². The van der Waals surface area contributed by atoms with Crippen LogP contribution in [0.2, 0.25) is 0 Å². The summed E-state index contributed by atoms with van der Waals surface area (Å²) in [4.78, 5) is 22.4. The molecule has 6 nitrogen and oxygen atoms in total. The van der Waals surface area contributed by atoms with E-state index in [4.69, 9.17) is 18.9 Å². The molecule has 2 aliphatic rings. The van der Waals surface area contributed by atoms with Crippen molar-refractivity contribution in [3.63, 3.8) is 0 Å². The van der Waals surface area contributed by atoms with Crippen molar-refractivity contribution in [2.24, 2.45) is 0 Å². The largest absolute Gasteiger partial charge is 0.464 e. The maximum atomic E-state index is 12.1. The lowest BCUT2D eigenvalue weighted by Crippen LogP contribution is -2.22. The highest BCUT2D eigenvalue weighted by molar-refractivity contribution is 5.91. The lowest BCUT2D eigenvalue weighted by atomic mass is 9.95. The van der Waals surface area contributed by atoms with E-state index < -0.39 is 11.6 Å². The van der Waals surface area contributed by atoms with Gasteiger partial charge in [-0.25, -0.2) is 4.79 Å². The second-order valence-electron chi connectivity index (χ2n) is 4.79. The quantitative estimate of drug-likeness (QED) is 0.414. The molecule has 1 aromatic rings. The van der Waals surface area contributed by atoms with Crippen molar-refractivity contribution in [2.75, 3.05) is 26.4 Å². The molecule has 2 heterocycles. The zero-order valence-corrected chi connectivity index (χ0v) is 10.7. The Morgan fingerprint density at radius 1 is 1.45 bits per heavy atom. The number of benzene rings is 1. The van der Waals surface area contributed by atoms with Crippen molar-refractivity contribution in [1.29, 1.82) is 0 Å². The molecule has 0 radical (unpaired) electrons. The van der Waals surface area contributed by atoms with Crippen molar-refractivity contribution in [1.82, 2.24) is 0 Å². The second-order valence-corrected chi connectivity index (χ2v) is 4.79. The Morgan fingerprint density at radius 3 is 2.85 bits per heavy atom. The molecule has 2 aliphatic heterocycles. The summed E-state index contributed by atoms with van der Waals surface area (Å²) in [6.07, 6.45) is 0.0237. The number of carbonyl (C=O) groups is 2. The lowest BCUT2D eigenvalue weighted by Gasteiger charge is -2.15. The van der Waals surface area contributed by atoms with Crippen LogP contribution in [-0.2, 0) is 29.3 Å². The van der Waals surface area contributed by atoms with Crippen LogP contribution in [0, 0.1) is 0 Å². The summed E-state index contributed by atoms with van der Waals surface area (Å²) in [5.74, 6) is -0.419. The number of epoxide rings is 2. The Labute approximate surface area is 115 Å². The van der Waals surface area contributed by atoms with Gasteiger partial charge < -0.3 is 18.9 Å². The molecule has 20 heavy (non-hydrogen) atoms. The zero-order valence-electron chi connectivity index (χ0n) is 10.7. The van der Waals surface area contributed by atoms with Crippen molar-refractivity contribution in [3.05, 3.63) is 35.4 Å². The molecule has 0 spiro atoms. The maximum Gasteiger partial charge on any atom is 0.338 e. The van der Waals surface area contributed by atoms with Gasteiger partial charge in [-0.2, -0.15) is 0 Å².